The van der Waals surface area contributed by atoms with Gasteiger partial charge in [0.15, 0.2) is 0 Å². The number of carbonyl (C=O) groups excluding carboxylic acids is 2. The van der Waals surface area contributed by atoms with Crippen molar-refractivity contribution in [2.75, 3.05) is 13.1 Å². The molecule has 1 saturated heterocycles. The van der Waals surface area contributed by atoms with Gasteiger partial charge in [0.1, 0.15) is 0 Å². The lowest BCUT2D eigenvalue weighted by atomic mass is 9.96. The van der Waals surface area contributed by atoms with Crippen LogP contribution in [0.1, 0.15) is 69.2 Å². The smallest absolute Gasteiger partial charge is 0.315 e. The first-order valence-corrected chi connectivity index (χ1v) is 12.7. The zero-order valence-electron chi connectivity index (χ0n) is 18.4. The van der Waals surface area contributed by atoms with Gasteiger partial charge in [-0.15, -0.1) is 0 Å². The lowest BCUT2D eigenvalue weighted by Gasteiger charge is -2.33. The van der Waals surface area contributed by atoms with Crippen molar-refractivity contribution in [2.24, 2.45) is 0 Å². The molecule has 0 radical (unpaired) electrons. The number of urea groups is 1. The maximum absolute atomic E-state index is 12.9. The maximum Gasteiger partial charge on any atom is 0.315 e. The van der Waals surface area contributed by atoms with Crippen LogP contribution in [-0.4, -0.2) is 56.5 Å². The summed E-state index contributed by atoms with van der Waals surface area (Å²) in [5.41, 5.74) is 0.355. The Morgan fingerprint density at radius 3 is 2.19 bits per heavy atom. The van der Waals surface area contributed by atoms with Crippen LogP contribution in [0.15, 0.2) is 29.2 Å². The number of piperidine rings is 1. The highest BCUT2D eigenvalue weighted by atomic mass is 32.2. The van der Waals surface area contributed by atoms with Crippen LogP contribution < -0.4 is 15.4 Å². The number of rotatable bonds is 6. The average Bonchev–Trinajstić information content (AvgIpc) is 2.73. The van der Waals surface area contributed by atoms with E-state index in [1.54, 1.807) is 30.9 Å². The molecule has 1 saturated carbocycles. The van der Waals surface area contributed by atoms with Crippen LogP contribution in [-0.2, 0) is 10.0 Å². The van der Waals surface area contributed by atoms with E-state index < -0.39 is 10.0 Å². The molecule has 3 amide bonds. The zero-order chi connectivity index (χ0) is 22.4. The summed E-state index contributed by atoms with van der Waals surface area (Å²) in [6.07, 6.45) is 7.02. The summed E-state index contributed by atoms with van der Waals surface area (Å²) < 4.78 is 27.3. The lowest BCUT2D eigenvalue weighted by molar-refractivity contribution is 0.0708. The number of hydrogen-bond donors (Lipinski definition) is 3. The van der Waals surface area contributed by atoms with E-state index in [-0.39, 0.29) is 35.0 Å². The van der Waals surface area contributed by atoms with Crippen molar-refractivity contribution in [1.29, 1.82) is 0 Å². The van der Waals surface area contributed by atoms with Crippen molar-refractivity contribution < 1.29 is 18.0 Å². The molecule has 8 nitrogen and oxygen atoms in total. The van der Waals surface area contributed by atoms with Gasteiger partial charge in [-0.05, 0) is 57.7 Å². The van der Waals surface area contributed by atoms with Crippen LogP contribution in [0.4, 0.5) is 4.79 Å². The number of amides is 3. The molecule has 172 valence electrons. The van der Waals surface area contributed by atoms with Crippen LogP contribution in [0, 0.1) is 0 Å². The van der Waals surface area contributed by atoms with E-state index in [4.69, 9.17) is 0 Å². The first kappa shape index (κ1) is 23.5. The Morgan fingerprint density at radius 1 is 0.968 bits per heavy atom. The van der Waals surface area contributed by atoms with Crippen molar-refractivity contribution in [1.82, 2.24) is 20.3 Å². The molecule has 1 aliphatic carbocycles. The molecule has 9 heteroatoms. The Kier molecular flexibility index (Phi) is 7.94. The molecule has 3 N–H and O–H groups in total. The van der Waals surface area contributed by atoms with Crippen LogP contribution in [0.5, 0.6) is 0 Å². The summed E-state index contributed by atoms with van der Waals surface area (Å²) in [6.45, 7) is 4.54. The van der Waals surface area contributed by atoms with E-state index in [9.17, 15) is 18.0 Å². The highest BCUT2D eigenvalue weighted by Crippen LogP contribution is 2.19. The third-order valence-electron chi connectivity index (χ3n) is 5.84. The van der Waals surface area contributed by atoms with Gasteiger partial charge in [0.2, 0.25) is 10.0 Å². The molecular weight excluding hydrogens is 416 g/mol. The number of benzene rings is 1. The van der Waals surface area contributed by atoms with E-state index in [1.165, 1.54) is 31.4 Å². The summed E-state index contributed by atoms with van der Waals surface area (Å²) in [5, 5.41) is 6.10. The first-order chi connectivity index (χ1) is 14.7. The van der Waals surface area contributed by atoms with Crippen LogP contribution in [0.2, 0.25) is 0 Å². The summed E-state index contributed by atoms with van der Waals surface area (Å²) in [5.74, 6) is -0.188. The molecule has 0 bridgehead atoms. The molecule has 1 aliphatic heterocycles. The Hall–Kier alpha value is -2.13. The average molecular weight is 451 g/mol. The van der Waals surface area contributed by atoms with Gasteiger partial charge < -0.3 is 15.5 Å². The molecule has 1 aromatic carbocycles. The molecule has 1 heterocycles. The summed E-state index contributed by atoms with van der Waals surface area (Å²) in [7, 11) is -3.66. The largest absolute Gasteiger partial charge is 0.338 e. The lowest BCUT2D eigenvalue weighted by Crippen LogP contribution is -2.51. The Morgan fingerprint density at radius 2 is 1.58 bits per heavy atom. The standard InChI is InChI=1S/C22H34N4O4S/c1-16(2)25-31(29,30)20-10-6-7-17(15-20)21(27)26-13-11-19(12-14-26)24-22(28)23-18-8-4-3-5-9-18/h6-7,10,15-16,18-19,25H,3-5,8-9,11-14H2,1-2H3,(H2,23,24,28). The van der Waals surface area contributed by atoms with E-state index in [1.807, 2.05) is 0 Å². The van der Waals surface area contributed by atoms with E-state index in [0.29, 0.717) is 31.5 Å². The molecule has 1 aromatic rings. The normalized spacial score (nSPS) is 18.7. The first-order valence-electron chi connectivity index (χ1n) is 11.2. The van der Waals surface area contributed by atoms with Crippen molar-refractivity contribution in [2.45, 2.75) is 81.8 Å². The quantitative estimate of drug-likeness (QED) is 0.619. The fourth-order valence-corrected chi connectivity index (χ4v) is 5.54. The maximum atomic E-state index is 12.9. The third-order valence-corrected chi connectivity index (χ3v) is 7.50. The second-order valence-electron chi connectivity index (χ2n) is 8.82. The topological polar surface area (TPSA) is 108 Å². The summed E-state index contributed by atoms with van der Waals surface area (Å²) in [4.78, 5) is 27.0. The molecule has 3 rings (SSSR count). The second kappa shape index (κ2) is 10.5. The summed E-state index contributed by atoms with van der Waals surface area (Å²) in [6, 6.07) is 6.10. The summed E-state index contributed by atoms with van der Waals surface area (Å²) >= 11 is 0. The highest BCUT2D eigenvalue weighted by Gasteiger charge is 2.26. The molecule has 2 aliphatic rings. The predicted octanol–water partition coefficient (Wildman–Crippen LogP) is 2.61. The number of carbonyl (C=O) groups is 2. The van der Waals surface area contributed by atoms with E-state index in [0.717, 1.165) is 12.8 Å². The van der Waals surface area contributed by atoms with Gasteiger partial charge in [0.25, 0.3) is 5.91 Å². The van der Waals surface area contributed by atoms with Crippen LogP contribution in [0.25, 0.3) is 0 Å². The second-order valence-corrected chi connectivity index (χ2v) is 10.5. The van der Waals surface area contributed by atoms with Gasteiger partial charge in [-0.1, -0.05) is 25.3 Å². The van der Waals surface area contributed by atoms with Crippen molar-refractivity contribution in [3.8, 4) is 0 Å². The van der Waals surface area contributed by atoms with Crippen LogP contribution in [0.3, 0.4) is 0 Å². The molecule has 0 spiro atoms. The number of nitrogens with zero attached hydrogens (tertiary/aromatic N) is 1. The van der Waals surface area contributed by atoms with Gasteiger partial charge >= 0.3 is 6.03 Å². The molecule has 0 atom stereocenters. The fourth-order valence-electron chi connectivity index (χ4n) is 4.24. The number of sulfonamides is 1. The molecule has 2 fully saturated rings. The minimum atomic E-state index is -3.66. The number of hydrogen-bond acceptors (Lipinski definition) is 4. The third kappa shape index (κ3) is 6.67. The zero-order valence-corrected chi connectivity index (χ0v) is 19.2. The van der Waals surface area contributed by atoms with Crippen molar-refractivity contribution in [3.63, 3.8) is 0 Å². The fraction of sp³-hybridized carbons (Fsp3) is 0.636. The Bertz CT molecular complexity index is 873. The predicted molar refractivity (Wildman–Crippen MR) is 119 cm³/mol. The van der Waals surface area contributed by atoms with Crippen LogP contribution >= 0.6 is 0 Å². The van der Waals surface area contributed by atoms with Gasteiger partial charge in [-0.25, -0.2) is 17.9 Å². The van der Waals surface area contributed by atoms with E-state index in [2.05, 4.69) is 15.4 Å². The van der Waals surface area contributed by atoms with Gasteiger partial charge in [0.05, 0.1) is 4.90 Å². The monoisotopic (exact) mass is 450 g/mol. The minimum absolute atomic E-state index is 0.0367. The highest BCUT2D eigenvalue weighted by molar-refractivity contribution is 7.89. The number of likely N-dealkylation sites (tertiary alicyclic amines) is 1. The van der Waals surface area contributed by atoms with Gasteiger partial charge in [-0.2, -0.15) is 0 Å². The minimum Gasteiger partial charge on any atom is -0.338 e. The molecule has 31 heavy (non-hydrogen) atoms. The van der Waals surface area contributed by atoms with E-state index >= 15 is 0 Å². The van der Waals surface area contributed by atoms with Gasteiger partial charge in [0, 0.05) is 36.8 Å². The molecular formula is C22H34N4O4S. The Labute approximate surface area is 185 Å². The Balaban J connectivity index is 1.52. The van der Waals surface area contributed by atoms with Gasteiger partial charge in [-0.3, -0.25) is 4.79 Å². The molecule has 0 unspecified atom stereocenters. The van der Waals surface area contributed by atoms with Crippen molar-refractivity contribution in [3.05, 3.63) is 29.8 Å². The number of nitrogens with one attached hydrogen (secondary N) is 3. The molecule has 0 aromatic heterocycles. The van der Waals surface area contributed by atoms with Crippen molar-refractivity contribution >= 4 is 22.0 Å². The SMILES string of the molecule is CC(C)NS(=O)(=O)c1cccc(C(=O)N2CCC(NC(=O)NC3CCCCC3)CC2)c1.